The molecule has 1 aromatic carbocycles. The lowest BCUT2D eigenvalue weighted by molar-refractivity contribution is -0.148. The second kappa shape index (κ2) is 6.86. The third-order valence-corrected chi connectivity index (χ3v) is 5.37. The van der Waals surface area contributed by atoms with E-state index in [0.29, 0.717) is 6.08 Å². The highest BCUT2D eigenvalue weighted by molar-refractivity contribution is 6.33. The molecule has 7 nitrogen and oxygen atoms in total. The van der Waals surface area contributed by atoms with E-state index in [1.807, 2.05) is 0 Å². The zero-order valence-electron chi connectivity index (χ0n) is 15.6. The number of allylic oxidation sites excluding steroid dienone is 1. The summed E-state index contributed by atoms with van der Waals surface area (Å²) in [6.45, 7) is 1.39. The maximum absolute atomic E-state index is 15.1. The van der Waals surface area contributed by atoms with Gasteiger partial charge in [-0.2, -0.15) is 13.2 Å². The van der Waals surface area contributed by atoms with Crippen LogP contribution in [0.3, 0.4) is 0 Å². The van der Waals surface area contributed by atoms with E-state index in [2.05, 4.69) is 9.73 Å². The summed E-state index contributed by atoms with van der Waals surface area (Å²) in [7, 11) is 1.15. The van der Waals surface area contributed by atoms with Gasteiger partial charge in [0.15, 0.2) is 0 Å². The van der Waals surface area contributed by atoms with Gasteiger partial charge < -0.3 is 14.4 Å². The second-order valence-corrected chi connectivity index (χ2v) is 7.22. The first-order valence-corrected chi connectivity index (χ1v) is 9.15. The fraction of sp³-hybridized carbons (Fsp3) is 0.389. The minimum Gasteiger partial charge on any atom is -0.476 e. The molecule has 0 saturated heterocycles. The molecule has 1 aromatic rings. The van der Waals surface area contributed by atoms with Crippen molar-refractivity contribution in [2.45, 2.75) is 25.1 Å². The average molecular weight is 448 g/mol. The van der Waals surface area contributed by atoms with Crippen molar-refractivity contribution >= 4 is 35.1 Å². The number of anilines is 1. The summed E-state index contributed by atoms with van der Waals surface area (Å²) in [6, 6.07) is 0.873. The molecule has 1 amide bonds. The van der Waals surface area contributed by atoms with E-state index in [0.717, 1.165) is 23.0 Å². The Morgan fingerprint density at radius 3 is 2.73 bits per heavy atom. The highest BCUT2D eigenvalue weighted by Crippen LogP contribution is 2.50. The third kappa shape index (κ3) is 2.91. The molecule has 0 aromatic heterocycles. The SMILES string of the molecule is COC(=O)C1Oc2c(Cl)cc(F)c(N3C(=O)C=C(C(F)(F)F)N4CCN=C43)c2C1C. The Morgan fingerprint density at radius 2 is 2.10 bits per heavy atom. The largest absolute Gasteiger partial charge is 0.476 e. The standard InChI is InChI=1S/C18H14ClF4N3O4/c1-7-12-13(9(20)5-8(19)15(12)30-14(7)16(28)29-2)26-11(27)6-10(18(21,22)23)25-4-3-24-17(25)26/h5-7,14H,3-4H2,1-2H3. The second-order valence-electron chi connectivity index (χ2n) is 6.82. The lowest BCUT2D eigenvalue weighted by Crippen LogP contribution is -2.51. The lowest BCUT2D eigenvalue weighted by Gasteiger charge is -2.36. The Bertz CT molecular complexity index is 1020. The molecular formula is C18H14ClF4N3O4. The van der Waals surface area contributed by atoms with Crippen LogP contribution in [0, 0.1) is 5.82 Å². The van der Waals surface area contributed by atoms with Gasteiger partial charge in [-0.15, -0.1) is 0 Å². The number of aliphatic imine (C=N–C) groups is 1. The maximum atomic E-state index is 15.1. The molecule has 0 bridgehead atoms. The molecule has 3 aliphatic heterocycles. The first kappa shape index (κ1) is 20.5. The maximum Gasteiger partial charge on any atom is 0.431 e. The van der Waals surface area contributed by atoms with E-state index >= 15 is 4.39 Å². The molecule has 2 unspecified atom stereocenters. The molecule has 2 atom stereocenters. The van der Waals surface area contributed by atoms with Crippen molar-refractivity contribution < 1.29 is 36.6 Å². The Labute approximate surface area is 172 Å². The topological polar surface area (TPSA) is 71.4 Å². The van der Waals surface area contributed by atoms with Gasteiger partial charge >= 0.3 is 12.1 Å². The molecule has 0 radical (unpaired) electrons. The van der Waals surface area contributed by atoms with Crippen molar-refractivity contribution in [3.05, 3.63) is 34.2 Å². The Kier molecular flexibility index (Phi) is 4.68. The van der Waals surface area contributed by atoms with Gasteiger partial charge in [0.2, 0.25) is 12.1 Å². The van der Waals surface area contributed by atoms with Crippen LogP contribution in [-0.2, 0) is 14.3 Å². The van der Waals surface area contributed by atoms with Crippen LogP contribution < -0.4 is 9.64 Å². The molecule has 0 aliphatic carbocycles. The highest BCUT2D eigenvalue weighted by Gasteiger charge is 2.49. The van der Waals surface area contributed by atoms with Crippen molar-refractivity contribution in [2.75, 3.05) is 25.1 Å². The average Bonchev–Trinajstić information content (AvgIpc) is 3.27. The van der Waals surface area contributed by atoms with Crippen LogP contribution >= 0.6 is 11.6 Å². The molecule has 0 N–H and O–H groups in total. The van der Waals surface area contributed by atoms with Crippen LogP contribution in [0.15, 0.2) is 22.8 Å². The van der Waals surface area contributed by atoms with Gasteiger partial charge in [-0.3, -0.25) is 9.79 Å². The van der Waals surface area contributed by atoms with Crippen molar-refractivity contribution in [1.29, 1.82) is 0 Å². The number of guanidine groups is 1. The van der Waals surface area contributed by atoms with E-state index in [1.165, 1.54) is 6.92 Å². The van der Waals surface area contributed by atoms with Crippen molar-refractivity contribution in [3.8, 4) is 5.75 Å². The number of halogens is 5. The summed E-state index contributed by atoms with van der Waals surface area (Å²) >= 11 is 6.07. The number of alkyl halides is 3. The molecular weight excluding hydrogens is 434 g/mol. The van der Waals surface area contributed by atoms with Gasteiger partial charge in [0.25, 0.3) is 5.91 Å². The number of methoxy groups -OCH3 is 1. The number of rotatable bonds is 2. The first-order valence-electron chi connectivity index (χ1n) is 8.77. The van der Waals surface area contributed by atoms with Crippen molar-refractivity contribution in [3.63, 3.8) is 0 Å². The quantitative estimate of drug-likeness (QED) is 0.515. The predicted octanol–water partition coefficient (Wildman–Crippen LogP) is 2.98. The zero-order chi connectivity index (χ0) is 22.0. The van der Waals surface area contributed by atoms with E-state index in [4.69, 9.17) is 16.3 Å². The summed E-state index contributed by atoms with van der Waals surface area (Å²) in [4.78, 5) is 30.3. The number of benzene rings is 1. The molecule has 4 rings (SSSR count). The monoisotopic (exact) mass is 447 g/mol. The van der Waals surface area contributed by atoms with Crippen LogP contribution in [0.1, 0.15) is 18.4 Å². The van der Waals surface area contributed by atoms with Crippen LogP contribution in [0.5, 0.6) is 5.75 Å². The number of esters is 1. The minimum atomic E-state index is -4.79. The molecule has 0 fully saturated rings. The Balaban J connectivity index is 1.89. The van der Waals surface area contributed by atoms with Gasteiger partial charge in [-0.05, 0) is 6.07 Å². The predicted molar refractivity (Wildman–Crippen MR) is 96.9 cm³/mol. The fourth-order valence-electron chi connectivity index (χ4n) is 3.79. The van der Waals surface area contributed by atoms with Crippen LogP contribution in [0.25, 0.3) is 0 Å². The number of ether oxygens (including phenoxy) is 2. The van der Waals surface area contributed by atoms with Gasteiger partial charge in [0.05, 0.1) is 24.4 Å². The first-order chi connectivity index (χ1) is 14.1. The molecule has 160 valence electrons. The zero-order valence-corrected chi connectivity index (χ0v) is 16.3. The van der Waals surface area contributed by atoms with Crippen LogP contribution in [0.4, 0.5) is 23.2 Å². The van der Waals surface area contributed by atoms with E-state index in [1.54, 1.807) is 0 Å². The van der Waals surface area contributed by atoms with Gasteiger partial charge in [-0.25, -0.2) is 14.1 Å². The number of nitrogens with zero attached hydrogens (tertiary/aromatic N) is 3. The summed E-state index contributed by atoms with van der Waals surface area (Å²) in [5, 5.41) is -0.147. The minimum absolute atomic E-state index is 0.0131. The summed E-state index contributed by atoms with van der Waals surface area (Å²) in [5.41, 5.74) is -1.47. The van der Waals surface area contributed by atoms with Crippen LogP contribution in [-0.4, -0.2) is 55.2 Å². The number of carbonyl (C=O) groups is 2. The summed E-state index contributed by atoms with van der Waals surface area (Å²) in [6.07, 6.45) is -5.56. The third-order valence-electron chi connectivity index (χ3n) is 5.09. The highest BCUT2D eigenvalue weighted by atomic mass is 35.5. The van der Waals surface area contributed by atoms with Gasteiger partial charge in [-0.1, -0.05) is 18.5 Å². The fourth-order valence-corrected chi connectivity index (χ4v) is 4.03. The number of fused-ring (bicyclic) bond motifs is 2. The molecule has 0 spiro atoms. The van der Waals surface area contributed by atoms with E-state index < -0.39 is 41.6 Å². The van der Waals surface area contributed by atoms with Crippen LogP contribution in [0.2, 0.25) is 5.02 Å². The van der Waals surface area contributed by atoms with E-state index in [9.17, 15) is 22.8 Å². The number of hydrogen-bond acceptors (Lipinski definition) is 6. The van der Waals surface area contributed by atoms with Gasteiger partial charge in [0, 0.05) is 24.1 Å². The summed E-state index contributed by atoms with van der Waals surface area (Å²) < 4.78 is 65.4. The Morgan fingerprint density at radius 1 is 1.40 bits per heavy atom. The molecule has 0 saturated carbocycles. The molecule has 12 heteroatoms. The normalized spacial score (nSPS) is 23.0. The molecule has 30 heavy (non-hydrogen) atoms. The smallest absolute Gasteiger partial charge is 0.431 e. The van der Waals surface area contributed by atoms with E-state index in [-0.39, 0.29) is 41.1 Å². The van der Waals surface area contributed by atoms with Crippen molar-refractivity contribution in [2.24, 2.45) is 4.99 Å². The molecule has 3 heterocycles. The van der Waals surface area contributed by atoms with Gasteiger partial charge in [0.1, 0.15) is 17.3 Å². The Hall–Kier alpha value is -2.82. The number of hydrogen-bond donors (Lipinski definition) is 0. The van der Waals surface area contributed by atoms with Crippen molar-refractivity contribution in [1.82, 2.24) is 4.90 Å². The lowest BCUT2D eigenvalue weighted by atomic mass is 9.94. The number of carbonyl (C=O) groups excluding carboxylic acids is 2. The number of amides is 1. The molecule has 3 aliphatic rings. The summed E-state index contributed by atoms with van der Waals surface area (Å²) in [5.74, 6) is -4.04.